The van der Waals surface area contributed by atoms with Crippen LogP contribution in [0.25, 0.3) is 28.1 Å². The first-order valence-corrected chi connectivity index (χ1v) is 15.8. The standard InChI is InChI=1S/C28H33F2N7O4S/c1-16-25(33-23-12-19(13-24(41-2)36(16)23)27(38)32-14-20-5-4-10-31-20)21-11-18-8-9-22(37(28(29)30)42(3,39)40)34-26(18)35(21)15-17-6-7-17/h8-9,11-13,17,20,28,31H,4-7,10,14-15H2,1-3H3,(H,32,38)/t20-/m0/s1. The largest absolute Gasteiger partial charge is 0.482 e. The van der Waals surface area contributed by atoms with Gasteiger partial charge in [0.25, 0.3) is 5.91 Å². The number of hydrogen-bond acceptors (Lipinski definition) is 7. The summed E-state index contributed by atoms with van der Waals surface area (Å²) in [5, 5.41) is 7.03. The molecule has 6 rings (SSSR count). The molecule has 11 nitrogen and oxygen atoms in total. The van der Waals surface area contributed by atoms with E-state index in [1.54, 1.807) is 18.2 Å². The molecule has 4 aromatic heterocycles. The summed E-state index contributed by atoms with van der Waals surface area (Å²) in [5.41, 5.74) is 3.43. The second-order valence-electron chi connectivity index (χ2n) is 11.0. The van der Waals surface area contributed by atoms with Gasteiger partial charge in [-0.1, -0.05) is 0 Å². The van der Waals surface area contributed by atoms with E-state index in [2.05, 4.69) is 15.6 Å². The van der Waals surface area contributed by atoms with Crippen molar-refractivity contribution in [2.45, 2.75) is 51.7 Å². The summed E-state index contributed by atoms with van der Waals surface area (Å²) >= 11 is 0. The molecule has 42 heavy (non-hydrogen) atoms. The van der Waals surface area contributed by atoms with Crippen LogP contribution in [0.1, 0.15) is 41.7 Å². The molecule has 0 aromatic carbocycles. The van der Waals surface area contributed by atoms with Gasteiger partial charge in [-0.2, -0.15) is 13.1 Å². The van der Waals surface area contributed by atoms with Crippen LogP contribution >= 0.6 is 0 Å². The van der Waals surface area contributed by atoms with Crippen LogP contribution in [-0.2, 0) is 16.6 Å². The maximum absolute atomic E-state index is 13.8. The number of amides is 1. The Morgan fingerprint density at radius 3 is 2.64 bits per heavy atom. The summed E-state index contributed by atoms with van der Waals surface area (Å²) in [5.74, 6) is 0.264. The minimum absolute atomic E-state index is 0.0248. The van der Waals surface area contributed by atoms with Crippen molar-refractivity contribution in [1.29, 1.82) is 0 Å². The lowest BCUT2D eigenvalue weighted by Gasteiger charge is -2.20. The topological polar surface area (TPSA) is 123 Å². The Bertz CT molecular complexity index is 1780. The number of pyridine rings is 2. The highest BCUT2D eigenvalue weighted by atomic mass is 32.2. The van der Waals surface area contributed by atoms with E-state index in [0.29, 0.717) is 58.5 Å². The quantitative estimate of drug-likeness (QED) is 0.267. The SMILES string of the molecule is COc1cc(C(=O)NC[C@@H]2CCCN2)cc2nc(-c3cc4ccc(N(C(F)F)S(C)(=O)=O)nc4n3CC3CC3)c(C)n12. The van der Waals surface area contributed by atoms with E-state index in [9.17, 15) is 22.0 Å². The number of ether oxygens (including phenoxy) is 1. The number of halogens is 2. The first-order chi connectivity index (χ1) is 20.0. The highest BCUT2D eigenvalue weighted by Gasteiger charge is 2.30. The summed E-state index contributed by atoms with van der Waals surface area (Å²) in [6.45, 7) is 0.682. The number of rotatable bonds is 10. The van der Waals surface area contributed by atoms with E-state index in [0.717, 1.165) is 44.2 Å². The minimum atomic E-state index is -4.26. The number of nitrogens with one attached hydrogen (secondary N) is 2. The third-order valence-electron chi connectivity index (χ3n) is 7.93. The zero-order valence-electron chi connectivity index (χ0n) is 23.6. The molecule has 14 heteroatoms. The number of alkyl halides is 2. The molecule has 2 fully saturated rings. The van der Waals surface area contributed by atoms with Crippen LogP contribution in [0.4, 0.5) is 14.6 Å². The number of carbonyl (C=O) groups is 1. The zero-order chi connectivity index (χ0) is 29.8. The molecule has 1 aliphatic heterocycles. The van der Waals surface area contributed by atoms with E-state index in [1.807, 2.05) is 22.0 Å². The Morgan fingerprint density at radius 1 is 1.21 bits per heavy atom. The van der Waals surface area contributed by atoms with Gasteiger partial charge < -0.3 is 19.9 Å². The molecule has 1 aliphatic carbocycles. The maximum Gasteiger partial charge on any atom is 0.329 e. The molecule has 2 aliphatic rings. The fraction of sp³-hybridized carbons (Fsp3) is 0.464. The van der Waals surface area contributed by atoms with Gasteiger partial charge in [-0.25, -0.2) is 18.4 Å². The van der Waals surface area contributed by atoms with Crippen LogP contribution < -0.4 is 19.7 Å². The lowest BCUT2D eigenvalue weighted by molar-refractivity contribution is 0.0949. The molecule has 5 heterocycles. The van der Waals surface area contributed by atoms with Crippen LogP contribution in [-0.4, -0.2) is 72.3 Å². The molecule has 1 saturated carbocycles. The molecular weight excluding hydrogens is 568 g/mol. The fourth-order valence-electron chi connectivity index (χ4n) is 5.64. The van der Waals surface area contributed by atoms with Crippen LogP contribution in [0, 0.1) is 12.8 Å². The number of nitrogens with zero attached hydrogens (tertiary/aromatic N) is 5. The summed E-state index contributed by atoms with van der Waals surface area (Å²) in [6, 6.07) is 8.41. The number of methoxy groups -OCH3 is 1. The first kappa shape index (κ1) is 28.3. The van der Waals surface area contributed by atoms with Gasteiger partial charge in [0.15, 0.2) is 5.88 Å². The predicted molar refractivity (Wildman–Crippen MR) is 155 cm³/mol. The summed E-state index contributed by atoms with van der Waals surface area (Å²) < 4.78 is 61.3. The Morgan fingerprint density at radius 2 is 2.00 bits per heavy atom. The van der Waals surface area contributed by atoms with Gasteiger partial charge in [-0.05, 0) is 69.3 Å². The van der Waals surface area contributed by atoms with Crippen LogP contribution in [0.5, 0.6) is 5.88 Å². The minimum Gasteiger partial charge on any atom is -0.482 e. The second-order valence-corrected chi connectivity index (χ2v) is 12.9. The zero-order valence-corrected chi connectivity index (χ0v) is 24.4. The number of aryl methyl sites for hydroxylation is 1. The Labute approximate surface area is 241 Å². The molecule has 224 valence electrons. The van der Waals surface area contributed by atoms with Gasteiger partial charge in [0.1, 0.15) is 22.8 Å². The number of sulfonamides is 1. The number of anilines is 1. The van der Waals surface area contributed by atoms with Crippen molar-refractivity contribution in [3.05, 3.63) is 41.6 Å². The van der Waals surface area contributed by atoms with E-state index in [4.69, 9.17) is 9.72 Å². The van der Waals surface area contributed by atoms with E-state index in [1.165, 1.54) is 13.2 Å². The average Bonchev–Trinajstić information content (AvgIpc) is 3.32. The normalized spacial score (nSPS) is 17.4. The molecule has 1 amide bonds. The molecular formula is C28H33F2N7O4S. The molecule has 1 saturated heterocycles. The fourth-order valence-corrected chi connectivity index (χ4v) is 6.37. The molecule has 0 spiro atoms. The Balaban J connectivity index is 1.44. The summed E-state index contributed by atoms with van der Waals surface area (Å²) in [6.07, 6.45) is 4.89. The van der Waals surface area contributed by atoms with E-state index < -0.39 is 16.6 Å². The summed E-state index contributed by atoms with van der Waals surface area (Å²) in [4.78, 5) is 22.3. The van der Waals surface area contributed by atoms with Gasteiger partial charge >= 0.3 is 6.55 Å². The molecule has 4 aromatic rings. The van der Waals surface area contributed by atoms with Crippen molar-refractivity contribution >= 4 is 38.4 Å². The molecule has 2 N–H and O–H groups in total. The molecule has 0 unspecified atom stereocenters. The summed E-state index contributed by atoms with van der Waals surface area (Å²) in [7, 11) is -2.73. The third kappa shape index (κ3) is 5.28. The Kier molecular flexibility index (Phi) is 7.29. The number of fused-ring (bicyclic) bond motifs is 2. The van der Waals surface area contributed by atoms with Gasteiger partial charge in [0.05, 0.1) is 24.8 Å². The van der Waals surface area contributed by atoms with Crippen LogP contribution in [0.2, 0.25) is 0 Å². The lowest BCUT2D eigenvalue weighted by Crippen LogP contribution is -2.37. The molecule has 0 bridgehead atoms. The highest BCUT2D eigenvalue weighted by Crippen LogP contribution is 2.38. The Hall–Kier alpha value is -3.78. The van der Waals surface area contributed by atoms with Crippen molar-refractivity contribution in [2.24, 2.45) is 5.92 Å². The van der Waals surface area contributed by atoms with Crippen LogP contribution in [0.3, 0.4) is 0 Å². The average molecular weight is 602 g/mol. The van der Waals surface area contributed by atoms with Crippen molar-refractivity contribution < 1.29 is 26.7 Å². The smallest absolute Gasteiger partial charge is 0.329 e. The lowest BCUT2D eigenvalue weighted by atomic mass is 10.2. The second kappa shape index (κ2) is 10.8. The number of aromatic nitrogens is 4. The van der Waals surface area contributed by atoms with Gasteiger partial charge in [-0.15, -0.1) is 0 Å². The first-order valence-electron chi connectivity index (χ1n) is 13.9. The van der Waals surface area contributed by atoms with Crippen molar-refractivity contribution in [2.75, 3.05) is 30.8 Å². The third-order valence-corrected chi connectivity index (χ3v) is 8.99. The van der Waals surface area contributed by atoms with Crippen molar-refractivity contribution in [3.63, 3.8) is 0 Å². The van der Waals surface area contributed by atoms with Crippen molar-refractivity contribution in [3.8, 4) is 17.3 Å². The van der Waals surface area contributed by atoms with Gasteiger partial charge in [0, 0.05) is 36.1 Å². The number of carbonyl (C=O) groups excluding carboxylic acids is 1. The van der Waals surface area contributed by atoms with E-state index in [-0.39, 0.29) is 22.1 Å². The van der Waals surface area contributed by atoms with Crippen LogP contribution in [0.15, 0.2) is 30.3 Å². The number of imidazole rings is 1. The predicted octanol–water partition coefficient (Wildman–Crippen LogP) is 3.55. The van der Waals surface area contributed by atoms with Gasteiger partial charge in [-0.3, -0.25) is 9.20 Å². The number of hydrogen-bond donors (Lipinski definition) is 2. The molecule has 1 atom stereocenters. The van der Waals surface area contributed by atoms with Gasteiger partial charge in [0.2, 0.25) is 10.0 Å². The monoisotopic (exact) mass is 601 g/mol. The molecule has 0 radical (unpaired) electrons. The maximum atomic E-state index is 13.8. The highest BCUT2D eigenvalue weighted by molar-refractivity contribution is 7.92. The van der Waals surface area contributed by atoms with E-state index >= 15 is 0 Å². The van der Waals surface area contributed by atoms with Crippen molar-refractivity contribution in [1.82, 2.24) is 29.6 Å².